The molecule has 2 unspecified atom stereocenters. The van der Waals surface area contributed by atoms with E-state index in [0.29, 0.717) is 5.92 Å². The van der Waals surface area contributed by atoms with Gasteiger partial charge >= 0.3 is 0 Å². The summed E-state index contributed by atoms with van der Waals surface area (Å²) in [6.45, 7) is 4.65. The number of hydrogen-bond acceptors (Lipinski definition) is 0. The number of fused-ring (bicyclic) bond motifs is 1. The Kier molecular flexibility index (Phi) is 5.62. The molecule has 3 aromatic rings. The predicted octanol–water partition coefficient (Wildman–Crippen LogP) is 8.07. The lowest BCUT2D eigenvalue weighted by Crippen LogP contribution is -2.03. The van der Waals surface area contributed by atoms with Crippen molar-refractivity contribution in [1.29, 1.82) is 0 Å². The van der Waals surface area contributed by atoms with Gasteiger partial charge in [-0.15, -0.1) is 0 Å². The van der Waals surface area contributed by atoms with Crippen molar-refractivity contribution >= 4 is 10.8 Å². The van der Waals surface area contributed by atoms with Crippen molar-refractivity contribution in [2.75, 3.05) is 0 Å². The Balaban J connectivity index is 1.59. The SMILES string of the molecule is CCC(CCC1CC1)c1ccc(C(CC)c2cccc3ccccc23)cc1. The maximum atomic E-state index is 2.41. The van der Waals surface area contributed by atoms with Crippen LogP contribution in [0.3, 0.4) is 0 Å². The molecule has 0 N–H and O–H groups in total. The summed E-state index contributed by atoms with van der Waals surface area (Å²) in [7, 11) is 0. The van der Waals surface area contributed by atoms with Gasteiger partial charge in [-0.25, -0.2) is 0 Å². The van der Waals surface area contributed by atoms with Crippen LogP contribution in [-0.4, -0.2) is 0 Å². The Hall–Kier alpha value is -2.08. The summed E-state index contributed by atoms with van der Waals surface area (Å²) in [5, 5.41) is 2.74. The van der Waals surface area contributed by atoms with Gasteiger partial charge in [-0.1, -0.05) is 93.4 Å². The van der Waals surface area contributed by atoms with Gasteiger partial charge in [0.05, 0.1) is 0 Å². The van der Waals surface area contributed by atoms with Crippen molar-refractivity contribution in [2.45, 2.75) is 64.2 Å². The van der Waals surface area contributed by atoms with Gasteiger partial charge in [0.15, 0.2) is 0 Å². The number of hydrogen-bond donors (Lipinski definition) is 0. The Morgan fingerprint density at radius 3 is 2.19 bits per heavy atom. The second-order valence-corrected chi connectivity index (χ2v) is 8.32. The molecule has 0 spiro atoms. The molecule has 3 aromatic carbocycles. The van der Waals surface area contributed by atoms with Gasteiger partial charge in [-0.05, 0) is 65.0 Å². The van der Waals surface area contributed by atoms with Crippen LogP contribution in [-0.2, 0) is 0 Å². The van der Waals surface area contributed by atoms with Gasteiger partial charge in [-0.2, -0.15) is 0 Å². The van der Waals surface area contributed by atoms with E-state index in [9.17, 15) is 0 Å². The summed E-state index contributed by atoms with van der Waals surface area (Å²) in [5.41, 5.74) is 4.45. The first-order valence-electron chi connectivity index (χ1n) is 10.9. The average Bonchev–Trinajstić information content (AvgIpc) is 3.55. The van der Waals surface area contributed by atoms with Crippen molar-refractivity contribution in [3.8, 4) is 0 Å². The first kappa shape index (κ1) is 18.3. The van der Waals surface area contributed by atoms with E-state index in [1.54, 1.807) is 0 Å². The van der Waals surface area contributed by atoms with Gasteiger partial charge in [0.25, 0.3) is 0 Å². The van der Waals surface area contributed by atoms with E-state index in [4.69, 9.17) is 0 Å². The van der Waals surface area contributed by atoms with Crippen LogP contribution in [0.2, 0.25) is 0 Å². The molecule has 0 heterocycles. The standard InChI is InChI=1S/C27H32/c1-3-21(15-14-20-12-13-20)22-16-18-24(19-17-22)25(4-2)27-11-7-9-23-8-5-6-10-26(23)27/h5-11,16-21,25H,3-4,12-15H2,1-2H3. The molecule has 140 valence electrons. The van der Waals surface area contributed by atoms with Crippen LogP contribution in [0.25, 0.3) is 10.8 Å². The molecule has 2 atom stereocenters. The zero-order chi connectivity index (χ0) is 18.6. The molecule has 27 heavy (non-hydrogen) atoms. The van der Waals surface area contributed by atoms with E-state index in [2.05, 4.69) is 80.6 Å². The Morgan fingerprint density at radius 1 is 0.778 bits per heavy atom. The van der Waals surface area contributed by atoms with Gasteiger partial charge in [0, 0.05) is 5.92 Å². The first-order chi connectivity index (χ1) is 13.3. The van der Waals surface area contributed by atoms with Crippen LogP contribution in [0, 0.1) is 5.92 Å². The third kappa shape index (κ3) is 4.10. The third-order valence-electron chi connectivity index (χ3n) is 6.53. The molecule has 0 heteroatoms. The molecule has 0 bridgehead atoms. The Labute approximate surface area is 164 Å². The van der Waals surface area contributed by atoms with Crippen LogP contribution in [0.4, 0.5) is 0 Å². The van der Waals surface area contributed by atoms with E-state index >= 15 is 0 Å². The van der Waals surface area contributed by atoms with E-state index in [0.717, 1.165) is 18.3 Å². The minimum Gasteiger partial charge on any atom is -0.0648 e. The van der Waals surface area contributed by atoms with Crippen molar-refractivity contribution in [2.24, 2.45) is 5.92 Å². The molecule has 0 saturated heterocycles. The lowest BCUT2D eigenvalue weighted by molar-refractivity contribution is 0.547. The fourth-order valence-corrected chi connectivity index (χ4v) is 4.64. The maximum Gasteiger partial charge on any atom is 0.00928 e. The van der Waals surface area contributed by atoms with Crippen LogP contribution in [0.15, 0.2) is 66.7 Å². The summed E-state index contributed by atoms with van der Waals surface area (Å²) in [6, 6.07) is 25.1. The molecule has 1 aliphatic rings. The minimum atomic E-state index is 0.469. The van der Waals surface area contributed by atoms with Gasteiger partial charge in [0.1, 0.15) is 0 Å². The Bertz CT molecular complexity index is 865. The van der Waals surface area contributed by atoms with E-state index in [1.165, 1.54) is 59.6 Å². The molecule has 0 nitrogen and oxygen atoms in total. The predicted molar refractivity (Wildman–Crippen MR) is 118 cm³/mol. The monoisotopic (exact) mass is 356 g/mol. The average molecular weight is 357 g/mol. The second-order valence-electron chi connectivity index (χ2n) is 8.32. The van der Waals surface area contributed by atoms with Crippen molar-refractivity contribution in [1.82, 2.24) is 0 Å². The largest absolute Gasteiger partial charge is 0.0648 e. The normalized spacial score (nSPS) is 16.4. The van der Waals surface area contributed by atoms with Gasteiger partial charge in [-0.3, -0.25) is 0 Å². The van der Waals surface area contributed by atoms with Crippen LogP contribution in [0.1, 0.15) is 80.9 Å². The fraction of sp³-hybridized carbons (Fsp3) is 0.407. The molecule has 0 radical (unpaired) electrons. The quantitative estimate of drug-likeness (QED) is 0.383. The second kappa shape index (κ2) is 8.30. The smallest absolute Gasteiger partial charge is 0.00928 e. The highest BCUT2D eigenvalue weighted by atomic mass is 14.3. The highest BCUT2D eigenvalue weighted by Crippen LogP contribution is 2.38. The molecular weight excluding hydrogens is 324 g/mol. The van der Waals surface area contributed by atoms with Gasteiger partial charge in [0.2, 0.25) is 0 Å². The molecule has 1 aliphatic carbocycles. The zero-order valence-electron chi connectivity index (χ0n) is 16.8. The molecule has 0 aliphatic heterocycles. The summed E-state index contributed by atoms with van der Waals surface area (Å²) in [4.78, 5) is 0. The Morgan fingerprint density at radius 2 is 1.48 bits per heavy atom. The maximum absolute atomic E-state index is 2.41. The summed E-state index contributed by atoms with van der Waals surface area (Å²) >= 11 is 0. The fourth-order valence-electron chi connectivity index (χ4n) is 4.64. The van der Waals surface area contributed by atoms with E-state index in [-0.39, 0.29) is 0 Å². The summed E-state index contributed by atoms with van der Waals surface area (Å²) < 4.78 is 0. The molecular formula is C27H32. The lowest BCUT2D eigenvalue weighted by atomic mass is 9.84. The highest BCUT2D eigenvalue weighted by Gasteiger charge is 2.23. The molecule has 4 rings (SSSR count). The number of benzene rings is 3. The van der Waals surface area contributed by atoms with Crippen LogP contribution < -0.4 is 0 Å². The van der Waals surface area contributed by atoms with E-state index < -0.39 is 0 Å². The molecule has 1 fully saturated rings. The van der Waals surface area contributed by atoms with Crippen LogP contribution >= 0.6 is 0 Å². The van der Waals surface area contributed by atoms with E-state index in [1.807, 2.05) is 0 Å². The van der Waals surface area contributed by atoms with Crippen molar-refractivity contribution in [3.05, 3.63) is 83.4 Å². The third-order valence-corrected chi connectivity index (χ3v) is 6.53. The molecule has 1 saturated carbocycles. The van der Waals surface area contributed by atoms with Crippen molar-refractivity contribution in [3.63, 3.8) is 0 Å². The number of rotatable bonds is 8. The van der Waals surface area contributed by atoms with Crippen molar-refractivity contribution < 1.29 is 0 Å². The summed E-state index contributed by atoms with van der Waals surface area (Å²) in [5.74, 6) is 2.24. The van der Waals surface area contributed by atoms with Crippen LogP contribution in [0.5, 0.6) is 0 Å². The van der Waals surface area contributed by atoms with Gasteiger partial charge < -0.3 is 0 Å². The highest BCUT2D eigenvalue weighted by molar-refractivity contribution is 5.86. The zero-order valence-corrected chi connectivity index (χ0v) is 16.8. The lowest BCUT2D eigenvalue weighted by Gasteiger charge is -2.20. The first-order valence-corrected chi connectivity index (χ1v) is 10.9. The molecule has 0 amide bonds. The topological polar surface area (TPSA) is 0 Å². The molecule has 0 aromatic heterocycles. The summed E-state index contributed by atoms with van der Waals surface area (Å²) in [6.07, 6.45) is 8.12. The minimum absolute atomic E-state index is 0.469.